The fourth-order valence-electron chi connectivity index (χ4n) is 6.79. The van der Waals surface area contributed by atoms with E-state index in [9.17, 15) is 8.78 Å². The van der Waals surface area contributed by atoms with E-state index in [2.05, 4.69) is 25.3 Å². The first kappa shape index (κ1) is 29.2. The first-order valence-electron chi connectivity index (χ1n) is 15.3. The second kappa shape index (κ2) is 13.6. The summed E-state index contributed by atoms with van der Waals surface area (Å²) in [6.45, 7) is 7.66. The van der Waals surface area contributed by atoms with Crippen LogP contribution in [-0.4, -0.2) is 0 Å². The number of unbranched alkanes of at least 4 members (excludes halogenated alkanes) is 2. The standard InChI is InChI=1S/C38H41F3/c1-3-5-6-7-8-32-21-24-35(38(41)37(32)40)31-19-15-29(16-20-31)33-22-23-34(36(39)25-33)30-17-13-28(14-18-30)27-11-9-26(4-2)10-12-27/h3-4,15-17,19-28H,1-2,5-14,18H2. The lowest BCUT2D eigenvalue weighted by molar-refractivity contribution is 0.212. The highest BCUT2D eigenvalue weighted by atomic mass is 19.2. The molecule has 5 rings (SSSR count). The zero-order valence-corrected chi connectivity index (χ0v) is 24.0. The van der Waals surface area contributed by atoms with Crippen molar-refractivity contribution in [3.05, 3.63) is 115 Å². The predicted molar refractivity (Wildman–Crippen MR) is 166 cm³/mol. The summed E-state index contributed by atoms with van der Waals surface area (Å²) in [5, 5.41) is 0. The minimum Gasteiger partial charge on any atom is -0.206 e. The summed E-state index contributed by atoms with van der Waals surface area (Å²) < 4.78 is 45.0. The van der Waals surface area contributed by atoms with E-state index >= 15 is 4.39 Å². The topological polar surface area (TPSA) is 0 Å². The highest BCUT2D eigenvalue weighted by Gasteiger charge is 2.28. The van der Waals surface area contributed by atoms with Crippen LogP contribution in [-0.2, 0) is 6.42 Å². The van der Waals surface area contributed by atoms with Gasteiger partial charge in [-0.25, -0.2) is 13.2 Å². The number of rotatable bonds is 10. The van der Waals surface area contributed by atoms with Crippen molar-refractivity contribution in [2.45, 2.75) is 70.6 Å². The number of halogens is 3. The Balaban J connectivity index is 1.24. The minimum absolute atomic E-state index is 0.209. The molecule has 1 fully saturated rings. The number of aryl methyl sites for hydroxylation is 1. The Morgan fingerprint density at radius 3 is 2.07 bits per heavy atom. The molecule has 214 valence electrons. The molecule has 0 aliphatic heterocycles. The SMILES string of the molecule is C=CCCCCc1ccc(-c2ccc(-c3ccc(C4=CCC(C5CCC(C=C)CC5)CC4)c(F)c3)cc2)c(F)c1F. The Morgan fingerprint density at radius 2 is 1.41 bits per heavy atom. The van der Waals surface area contributed by atoms with Gasteiger partial charge in [-0.1, -0.05) is 66.8 Å². The van der Waals surface area contributed by atoms with E-state index < -0.39 is 11.6 Å². The second-order valence-corrected chi connectivity index (χ2v) is 11.9. The van der Waals surface area contributed by atoms with E-state index in [1.54, 1.807) is 30.3 Å². The van der Waals surface area contributed by atoms with Gasteiger partial charge in [0.1, 0.15) is 5.82 Å². The van der Waals surface area contributed by atoms with Crippen LogP contribution in [0, 0.1) is 35.2 Å². The third-order valence-electron chi connectivity index (χ3n) is 9.38. The molecule has 3 heteroatoms. The van der Waals surface area contributed by atoms with Gasteiger partial charge in [-0.2, -0.15) is 0 Å². The molecule has 0 N–H and O–H groups in total. The molecule has 0 aromatic heterocycles. The first-order valence-corrected chi connectivity index (χ1v) is 15.3. The van der Waals surface area contributed by atoms with Gasteiger partial charge >= 0.3 is 0 Å². The van der Waals surface area contributed by atoms with Crippen molar-refractivity contribution in [3.63, 3.8) is 0 Å². The molecule has 0 amide bonds. The van der Waals surface area contributed by atoms with Crippen LogP contribution in [0.4, 0.5) is 13.2 Å². The highest BCUT2D eigenvalue weighted by molar-refractivity contribution is 5.74. The lowest BCUT2D eigenvalue weighted by Crippen LogP contribution is -2.22. The summed E-state index contributed by atoms with van der Waals surface area (Å²) in [6, 6.07) is 16.0. The van der Waals surface area contributed by atoms with Gasteiger partial charge in [0.25, 0.3) is 0 Å². The molecular formula is C38H41F3. The zero-order valence-electron chi connectivity index (χ0n) is 24.0. The summed E-state index contributed by atoms with van der Waals surface area (Å²) >= 11 is 0. The molecule has 0 radical (unpaired) electrons. The van der Waals surface area contributed by atoms with Crippen molar-refractivity contribution < 1.29 is 13.2 Å². The van der Waals surface area contributed by atoms with Gasteiger partial charge in [-0.15, -0.1) is 13.2 Å². The van der Waals surface area contributed by atoms with Gasteiger partial charge in [-0.05, 0) is 122 Å². The number of allylic oxidation sites excluding steroid dienone is 4. The molecule has 41 heavy (non-hydrogen) atoms. The van der Waals surface area contributed by atoms with Crippen molar-refractivity contribution in [2.24, 2.45) is 17.8 Å². The van der Waals surface area contributed by atoms with E-state index in [4.69, 9.17) is 0 Å². The molecule has 1 saturated carbocycles. The maximum atomic E-state index is 15.3. The van der Waals surface area contributed by atoms with Crippen molar-refractivity contribution >= 4 is 5.57 Å². The molecular weight excluding hydrogens is 513 g/mol. The van der Waals surface area contributed by atoms with Crippen molar-refractivity contribution in [2.75, 3.05) is 0 Å². The van der Waals surface area contributed by atoms with Crippen LogP contribution < -0.4 is 0 Å². The molecule has 1 atom stereocenters. The maximum Gasteiger partial charge on any atom is 0.166 e. The Kier molecular flexibility index (Phi) is 9.64. The first-order chi connectivity index (χ1) is 20.0. The Bertz CT molecular complexity index is 1390. The molecule has 1 unspecified atom stereocenters. The second-order valence-electron chi connectivity index (χ2n) is 11.9. The largest absolute Gasteiger partial charge is 0.206 e. The fraction of sp³-hybridized carbons (Fsp3) is 0.368. The Hall–Kier alpha value is -3.33. The van der Waals surface area contributed by atoms with Crippen LogP contribution >= 0.6 is 0 Å². The van der Waals surface area contributed by atoms with Gasteiger partial charge in [0.15, 0.2) is 11.6 Å². The van der Waals surface area contributed by atoms with E-state index in [1.165, 1.54) is 25.7 Å². The molecule has 0 bridgehead atoms. The van der Waals surface area contributed by atoms with E-state index in [1.807, 2.05) is 30.3 Å². The molecule has 2 aliphatic rings. The summed E-state index contributed by atoms with van der Waals surface area (Å²) in [6.07, 6.45) is 17.5. The average molecular weight is 555 g/mol. The zero-order chi connectivity index (χ0) is 28.8. The summed E-state index contributed by atoms with van der Waals surface area (Å²) in [5.41, 5.74) is 4.66. The molecule has 0 heterocycles. The van der Waals surface area contributed by atoms with Crippen molar-refractivity contribution in [1.29, 1.82) is 0 Å². The lowest BCUT2D eigenvalue weighted by Gasteiger charge is -2.34. The normalized spacial score (nSPS) is 20.9. The lowest BCUT2D eigenvalue weighted by atomic mass is 9.71. The van der Waals surface area contributed by atoms with Gasteiger partial charge in [0.05, 0.1) is 0 Å². The van der Waals surface area contributed by atoms with Crippen LogP contribution in [0.5, 0.6) is 0 Å². The monoisotopic (exact) mass is 554 g/mol. The van der Waals surface area contributed by atoms with Crippen LogP contribution in [0.2, 0.25) is 0 Å². The molecule has 3 aromatic rings. The third-order valence-corrected chi connectivity index (χ3v) is 9.38. The third kappa shape index (κ3) is 6.77. The maximum absolute atomic E-state index is 15.3. The molecule has 0 spiro atoms. The highest BCUT2D eigenvalue weighted by Crippen LogP contribution is 2.42. The van der Waals surface area contributed by atoms with Gasteiger partial charge in [0, 0.05) is 11.1 Å². The Morgan fingerprint density at radius 1 is 0.707 bits per heavy atom. The van der Waals surface area contributed by atoms with E-state index in [-0.39, 0.29) is 11.4 Å². The van der Waals surface area contributed by atoms with Crippen molar-refractivity contribution in [3.8, 4) is 22.3 Å². The number of hydrogen-bond acceptors (Lipinski definition) is 0. The fourth-order valence-corrected chi connectivity index (χ4v) is 6.79. The van der Waals surface area contributed by atoms with Crippen LogP contribution in [0.15, 0.2) is 86.0 Å². The number of hydrogen-bond donors (Lipinski definition) is 0. The Labute approximate surface area is 243 Å². The smallest absolute Gasteiger partial charge is 0.166 e. The van der Waals surface area contributed by atoms with Gasteiger partial charge in [0.2, 0.25) is 0 Å². The molecule has 0 saturated heterocycles. The predicted octanol–water partition coefficient (Wildman–Crippen LogP) is 11.5. The molecule has 0 nitrogen and oxygen atoms in total. The van der Waals surface area contributed by atoms with E-state index in [0.29, 0.717) is 34.9 Å². The summed E-state index contributed by atoms with van der Waals surface area (Å²) in [4.78, 5) is 0. The van der Waals surface area contributed by atoms with Crippen LogP contribution in [0.1, 0.15) is 75.3 Å². The molecule has 2 aliphatic carbocycles. The van der Waals surface area contributed by atoms with E-state index in [0.717, 1.165) is 61.1 Å². The van der Waals surface area contributed by atoms with Crippen LogP contribution in [0.3, 0.4) is 0 Å². The molecule has 3 aromatic carbocycles. The quantitative estimate of drug-likeness (QED) is 0.173. The van der Waals surface area contributed by atoms with Crippen LogP contribution in [0.25, 0.3) is 27.8 Å². The minimum atomic E-state index is -0.818. The van der Waals surface area contributed by atoms with Gasteiger partial charge in [-0.3, -0.25) is 0 Å². The summed E-state index contributed by atoms with van der Waals surface area (Å²) in [7, 11) is 0. The van der Waals surface area contributed by atoms with Crippen molar-refractivity contribution in [1.82, 2.24) is 0 Å². The summed E-state index contributed by atoms with van der Waals surface area (Å²) in [5.74, 6) is 0.382. The average Bonchev–Trinajstić information content (AvgIpc) is 3.01. The van der Waals surface area contributed by atoms with Gasteiger partial charge < -0.3 is 0 Å². The number of benzene rings is 3.